The molecule has 0 aliphatic carbocycles. The van der Waals surface area contributed by atoms with Crippen molar-refractivity contribution < 1.29 is 52.0 Å². The number of carbonyl (C=O) groups excluding carboxylic acids is 5. The van der Waals surface area contributed by atoms with Gasteiger partial charge < -0.3 is 19.7 Å². The molecule has 0 bridgehead atoms. The van der Waals surface area contributed by atoms with Crippen molar-refractivity contribution in [2.24, 2.45) is 0 Å². The van der Waals surface area contributed by atoms with Gasteiger partial charge >= 0.3 is 19.8 Å². The lowest BCUT2D eigenvalue weighted by Gasteiger charge is -2.20. The lowest BCUT2D eigenvalue weighted by atomic mass is 10.0. The van der Waals surface area contributed by atoms with Crippen LogP contribution in [0.2, 0.25) is 0 Å². The highest BCUT2D eigenvalue weighted by Crippen LogP contribution is 2.43. The Hall–Kier alpha value is -2.60. The minimum Gasteiger partial charge on any atom is -0.462 e. The van der Waals surface area contributed by atoms with E-state index in [1.807, 2.05) is 0 Å². The molecule has 0 saturated carbocycles. The summed E-state index contributed by atoms with van der Waals surface area (Å²) in [6.07, 6.45) is 37.9. The van der Waals surface area contributed by atoms with Crippen LogP contribution < -0.4 is 5.32 Å². The molecular weight excluding hydrogens is 812 g/mol. The average Bonchev–Trinajstić information content (AvgIpc) is 3.57. The van der Waals surface area contributed by atoms with Crippen LogP contribution >= 0.6 is 7.82 Å². The van der Waals surface area contributed by atoms with Crippen LogP contribution in [0.25, 0.3) is 0 Å². The number of nitrogens with one attached hydrogen (secondary N) is 1. The van der Waals surface area contributed by atoms with Crippen LogP contribution in [0.1, 0.15) is 226 Å². The van der Waals surface area contributed by atoms with E-state index in [4.69, 9.17) is 18.5 Å². The molecule has 1 unspecified atom stereocenters. The van der Waals surface area contributed by atoms with Crippen molar-refractivity contribution in [1.29, 1.82) is 0 Å². The van der Waals surface area contributed by atoms with Crippen molar-refractivity contribution in [1.82, 2.24) is 10.2 Å². The summed E-state index contributed by atoms with van der Waals surface area (Å²) in [5.41, 5.74) is 0. The van der Waals surface area contributed by atoms with E-state index in [0.717, 1.165) is 55.6 Å². The normalized spacial score (nSPS) is 14.0. The standard InChI is InChI=1S/C48H87N2O11P/c1-3-5-7-9-11-13-15-17-19-21-23-25-27-29-31-33-47(54)58-41-43(61-48(55)34-32-30-28-26-24-22-20-18-16-14-12-10-8-6-4-2)42-60-62(56,57)59-40-38-49-44(51)37-39-50-45(52)35-36-46(50)53/h35-36,43H,3-34,37-42H2,1-2H3,(H,49,51)(H,56,57)/t43-/m1/s1. The van der Waals surface area contributed by atoms with Crippen LogP contribution in [0.15, 0.2) is 12.2 Å². The summed E-state index contributed by atoms with van der Waals surface area (Å²) in [6, 6.07) is 0. The summed E-state index contributed by atoms with van der Waals surface area (Å²) >= 11 is 0. The molecule has 2 N–H and O–H groups in total. The molecule has 1 heterocycles. The Morgan fingerprint density at radius 2 is 0.952 bits per heavy atom. The third-order valence-electron chi connectivity index (χ3n) is 11.3. The molecule has 1 aliphatic rings. The second-order valence-electron chi connectivity index (χ2n) is 17.1. The summed E-state index contributed by atoms with van der Waals surface area (Å²) in [7, 11) is -4.63. The first-order chi connectivity index (χ1) is 30.1. The van der Waals surface area contributed by atoms with Gasteiger partial charge in [0.25, 0.3) is 11.8 Å². The number of imide groups is 1. The first-order valence-electron chi connectivity index (χ1n) is 24.8. The lowest BCUT2D eigenvalue weighted by Crippen LogP contribution is -2.35. The average molecular weight is 899 g/mol. The largest absolute Gasteiger partial charge is 0.472 e. The van der Waals surface area contributed by atoms with E-state index in [-0.39, 0.29) is 45.6 Å². The number of phosphoric ester groups is 1. The second-order valence-corrected chi connectivity index (χ2v) is 18.5. The topological polar surface area (TPSA) is 175 Å². The number of carbonyl (C=O) groups is 5. The Kier molecular flexibility index (Phi) is 37.0. The predicted octanol–water partition coefficient (Wildman–Crippen LogP) is 11.5. The molecule has 0 radical (unpaired) electrons. The van der Waals surface area contributed by atoms with E-state index in [2.05, 4.69) is 19.2 Å². The zero-order valence-corrected chi connectivity index (χ0v) is 39.9. The van der Waals surface area contributed by atoms with Gasteiger partial charge in [-0.1, -0.05) is 194 Å². The first-order valence-corrected chi connectivity index (χ1v) is 26.3. The number of unbranched alkanes of at least 4 members (excludes halogenated alkanes) is 28. The third-order valence-corrected chi connectivity index (χ3v) is 12.2. The highest BCUT2D eigenvalue weighted by atomic mass is 31.2. The van der Waals surface area contributed by atoms with E-state index >= 15 is 0 Å². The molecule has 0 saturated heterocycles. The maximum atomic E-state index is 12.8. The molecular formula is C48H87N2O11P. The molecule has 3 amide bonds. The zero-order chi connectivity index (χ0) is 45.4. The maximum Gasteiger partial charge on any atom is 0.472 e. The highest BCUT2D eigenvalue weighted by molar-refractivity contribution is 7.47. The van der Waals surface area contributed by atoms with Crippen LogP contribution in [0.5, 0.6) is 0 Å². The van der Waals surface area contributed by atoms with Crippen molar-refractivity contribution in [3.8, 4) is 0 Å². The summed E-state index contributed by atoms with van der Waals surface area (Å²) in [5, 5.41) is 2.49. The smallest absolute Gasteiger partial charge is 0.462 e. The van der Waals surface area contributed by atoms with Crippen molar-refractivity contribution in [2.45, 2.75) is 232 Å². The Morgan fingerprint density at radius 3 is 1.37 bits per heavy atom. The zero-order valence-electron chi connectivity index (χ0n) is 39.0. The van der Waals surface area contributed by atoms with Gasteiger partial charge in [0.2, 0.25) is 5.91 Å². The van der Waals surface area contributed by atoms with E-state index < -0.39 is 50.2 Å². The van der Waals surface area contributed by atoms with E-state index in [1.54, 1.807) is 0 Å². The summed E-state index contributed by atoms with van der Waals surface area (Å²) in [5.74, 6) is -2.41. The van der Waals surface area contributed by atoms with Gasteiger partial charge in [-0.3, -0.25) is 37.9 Å². The molecule has 1 rings (SSSR count). The fourth-order valence-electron chi connectivity index (χ4n) is 7.42. The maximum absolute atomic E-state index is 12.8. The Bertz CT molecular complexity index is 1250. The molecule has 360 valence electrons. The molecule has 62 heavy (non-hydrogen) atoms. The number of esters is 2. The molecule has 0 aromatic rings. The van der Waals surface area contributed by atoms with Crippen LogP contribution in [0, 0.1) is 0 Å². The SMILES string of the molecule is CCCCCCCCCCCCCCCCCC(=O)OC[C@H](COP(=O)(O)OCCNC(=O)CCN1C(=O)C=CC1=O)OC(=O)CCCCCCCCCCCCCCCCC. The number of ether oxygens (including phenoxy) is 2. The first kappa shape index (κ1) is 57.4. The molecule has 0 fully saturated rings. The summed E-state index contributed by atoms with van der Waals surface area (Å²) in [6.45, 7) is 3.03. The fourth-order valence-corrected chi connectivity index (χ4v) is 8.17. The molecule has 2 atom stereocenters. The minimum atomic E-state index is -4.63. The van der Waals surface area contributed by atoms with Gasteiger partial charge in [-0.15, -0.1) is 0 Å². The molecule has 0 aromatic heterocycles. The highest BCUT2D eigenvalue weighted by Gasteiger charge is 2.27. The van der Waals surface area contributed by atoms with Crippen molar-refractivity contribution in [3.63, 3.8) is 0 Å². The van der Waals surface area contributed by atoms with Gasteiger partial charge in [-0.05, 0) is 12.8 Å². The number of phosphoric acid groups is 1. The number of nitrogens with zero attached hydrogens (tertiary/aromatic N) is 1. The molecule has 0 spiro atoms. The quantitative estimate of drug-likeness (QED) is 0.0257. The van der Waals surface area contributed by atoms with Crippen LogP contribution in [0.4, 0.5) is 0 Å². The van der Waals surface area contributed by atoms with Gasteiger partial charge in [-0.25, -0.2) is 4.57 Å². The van der Waals surface area contributed by atoms with Gasteiger partial charge in [-0.2, -0.15) is 0 Å². The van der Waals surface area contributed by atoms with Gasteiger partial charge in [0.05, 0.1) is 13.2 Å². The molecule has 0 aromatic carbocycles. The van der Waals surface area contributed by atoms with E-state index in [9.17, 15) is 33.4 Å². The number of hydrogen-bond donors (Lipinski definition) is 2. The van der Waals surface area contributed by atoms with Crippen molar-refractivity contribution >= 4 is 37.5 Å². The van der Waals surface area contributed by atoms with Crippen molar-refractivity contribution in [3.05, 3.63) is 12.2 Å². The third kappa shape index (κ3) is 34.8. The summed E-state index contributed by atoms with van der Waals surface area (Å²) < 4.78 is 33.7. The lowest BCUT2D eigenvalue weighted by molar-refractivity contribution is -0.161. The van der Waals surface area contributed by atoms with Crippen LogP contribution in [-0.4, -0.2) is 78.5 Å². The minimum absolute atomic E-state index is 0.0947. The number of amides is 3. The fraction of sp³-hybridized carbons (Fsp3) is 0.854. The number of hydrogen-bond acceptors (Lipinski definition) is 10. The Balaban J connectivity index is 2.36. The predicted molar refractivity (Wildman–Crippen MR) is 245 cm³/mol. The van der Waals surface area contributed by atoms with Gasteiger partial charge in [0.1, 0.15) is 6.61 Å². The Morgan fingerprint density at radius 1 is 0.565 bits per heavy atom. The molecule has 14 heteroatoms. The van der Waals surface area contributed by atoms with Gasteiger partial charge in [0.15, 0.2) is 6.10 Å². The monoisotopic (exact) mass is 899 g/mol. The van der Waals surface area contributed by atoms with Crippen LogP contribution in [0.3, 0.4) is 0 Å². The van der Waals surface area contributed by atoms with Crippen molar-refractivity contribution in [2.75, 3.05) is 32.9 Å². The van der Waals surface area contributed by atoms with Gasteiger partial charge in [0, 0.05) is 44.5 Å². The van der Waals surface area contributed by atoms with E-state index in [1.165, 1.54) is 141 Å². The number of rotatable bonds is 45. The second kappa shape index (κ2) is 40.0. The Labute approximate surface area is 375 Å². The summed E-state index contributed by atoms with van der Waals surface area (Å²) in [4.78, 5) is 71.9. The van der Waals surface area contributed by atoms with E-state index in [0.29, 0.717) is 12.8 Å². The molecule has 13 nitrogen and oxygen atoms in total. The van der Waals surface area contributed by atoms with Crippen LogP contribution in [-0.2, 0) is 47.1 Å². The molecule has 1 aliphatic heterocycles.